The van der Waals surface area contributed by atoms with Crippen molar-refractivity contribution in [3.05, 3.63) is 77.2 Å². The van der Waals surface area contributed by atoms with Crippen LogP contribution in [0, 0.1) is 18.7 Å². The van der Waals surface area contributed by atoms with Crippen LogP contribution >= 0.6 is 11.3 Å². The van der Waals surface area contributed by atoms with Crippen molar-refractivity contribution in [2.45, 2.75) is 26.3 Å². The molecule has 0 aliphatic carbocycles. The molecular formula is C28H26FN5OS. The Morgan fingerprint density at radius 2 is 2.11 bits per heavy atom. The Morgan fingerprint density at radius 1 is 1.19 bits per heavy atom. The van der Waals surface area contributed by atoms with Gasteiger partial charge < -0.3 is 15.2 Å². The summed E-state index contributed by atoms with van der Waals surface area (Å²) in [5.74, 6) is 0.520. The molecule has 6 nitrogen and oxygen atoms in total. The molecule has 1 aliphatic rings. The molecule has 0 saturated carbocycles. The van der Waals surface area contributed by atoms with Crippen LogP contribution in [0.5, 0.6) is 0 Å². The average Bonchev–Trinajstić information content (AvgIpc) is 3.55. The van der Waals surface area contributed by atoms with Gasteiger partial charge in [0.05, 0.1) is 11.3 Å². The zero-order valence-electron chi connectivity index (χ0n) is 19.9. The number of aromatic nitrogens is 3. The fraction of sp³-hybridized carbons (Fsp3) is 0.250. The SMILES string of the molecule is Cc1ccc(-c2cc3c(N4CCC[C@H](C(=O)NCc5ccc6sccc6c5)C4)ncnc3[nH]2)cc1F. The molecule has 1 saturated heterocycles. The van der Waals surface area contributed by atoms with E-state index in [0.29, 0.717) is 24.3 Å². The maximum absolute atomic E-state index is 14.1. The molecular weight excluding hydrogens is 473 g/mol. The molecule has 1 aliphatic heterocycles. The van der Waals surface area contributed by atoms with E-state index >= 15 is 0 Å². The third kappa shape index (κ3) is 4.33. The predicted molar refractivity (Wildman–Crippen MR) is 143 cm³/mol. The maximum Gasteiger partial charge on any atom is 0.225 e. The first-order valence-corrected chi connectivity index (χ1v) is 13.0. The number of benzene rings is 2. The lowest BCUT2D eigenvalue weighted by Crippen LogP contribution is -2.43. The van der Waals surface area contributed by atoms with Crippen molar-refractivity contribution >= 4 is 44.2 Å². The molecule has 36 heavy (non-hydrogen) atoms. The molecule has 0 spiro atoms. The van der Waals surface area contributed by atoms with Crippen LogP contribution in [0.4, 0.5) is 10.2 Å². The standard InChI is InChI=1S/C28H26FN5OS/c1-17-4-6-19(12-23(17)29)24-13-22-26(33-24)31-16-32-27(22)34-9-2-3-21(15-34)28(35)30-14-18-5-7-25-20(11-18)8-10-36-25/h4-8,10-13,16,21H,2-3,9,14-15H2,1H3,(H,30,35)(H,31,32,33)/t21-/m0/s1. The quantitative estimate of drug-likeness (QED) is 0.320. The number of hydrogen-bond donors (Lipinski definition) is 2. The molecule has 4 heterocycles. The number of rotatable bonds is 5. The van der Waals surface area contributed by atoms with Crippen molar-refractivity contribution in [1.82, 2.24) is 20.3 Å². The van der Waals surface area contributed by atoms with Crippen LogP contribution in [0.2, 0.25) is 0 Å². The van der Waals surface area contributed by atoms with Crippen molar-refractivity contribution in [2.75, 3.05) is 18.0 Å². The molecule has 2 aromatic carbocycles. The van der Waals surface area contributed by atoms with Crippen molar-refractivity contribution in [3.63, 3.8) is 0 Å². The summed E-state index contributed by atoms with van der Waals surface area (Å²) < 4.78 is 15.4. The van der Waals surface area contributed by atoms with Crippen LogP contribution in [0.25, 0.3) is 32.4 Å². The molecule has 0 unspecified atom stereocenters. The number of fused-ring (bicyclic) bond motifs is 2. The average molecular weight is 500 g/mol. The summed E-state index contributed by atoms with van der Waals surface area (Å²) in [6.45, 7) is 3.69. The van der Waals surface area contributed by atoms with Crippen molar-refractivity contribution in [3.8, 4) is 11.3 Å². The highest BCUT2D eigenvalue weighted by atomic mass is 32.1. The molecule has 2 N–H and O–H groups in total. The minimum atomic E-state index is -0.238. The highest BCUT2D eigenvalue weighted by Crippen LogP contribution is 2.31. The van der Waals surface area contributed by atoms with Gasteiger partial charge in [0.15, 0.2) is 0 Å². The first kappa shape index (κ1) is 22.7. The number of carbonyl (C=O) groups is 1. The molecule has 0 radical (unpaired) electrons. The van der Waals surface area contributed by atoms with Gasteiger partial charge in [-0.05, 0) is 72.0 Å². The van der Waals surface area contributed by atoms with Gasteiger partial charge in [-0.1, -0.05) is 18.2 Å². The van der Waals surface area contributed by atoms with Gasteiger partial charge in [0.25, 0.3) is 0 Å². The summed E-state index contributed by atoms with van der Waals surface area (Å²) in [4.78, 5) is 27.5. The van der Waals surface area contributed by atoms with E-state index in [1.165, 1.54) is 22.5 Å². The van der Waals surface area contributed by atoms with E-state index in [1.807, 2.05) is 12.1 Å². The van der Waals surface area contributed by atoms with Crippen molar-refractivity contribution in [1.29, 1.82) is 0 Å². The number of H-pyrrole nitrogens is 1. The van der Waals surface area contributed by atoms with E-state index < -0.39 is 0 Å². The lowest BCUT2D eigenvalue weighted by Gasteiger charge is -2.33. The van der Waals surface area contributed by atoms with Gasteiger partial charge in [-0.2, -0.15) is 0 Å². The Kier molecular flexibility index (Phi) is 5.89. The number of nitrogens with zero attached hydrogens (tertiary/aromatic N) is 3. The first-order valence-electron chi connectivity index (χ1n) is 12.1. The summed E-state index contributed by atoms with van der Waals surface area (Å²) in [6.07, 6.45) is 3.30. The van der Waals surface area contributed by atoms with Gasteiger partial charge in [-0.15, -0.1) is 11.3 Å². The van der Waals surface area contributed by atoms with E-state index in [0.717, 1.165) is 47.4 Å². The van der Waals surface area contributed by atoms with E-state index in [-0.39, 0.29) is 17.6 Å². The van der Waals surface area contributed by atoms with Gasteiger partial charge in [0.1, 0.15) is 23.6 Å². The molecule has 1 fully saturated rings. The molecule has 1 amide bonds. The number of aromatic amines is 1. The normalized spacial score (nSPS) is 16.1. The van der Waals surface area contributed by atoms with Gasteiger partial charge in [-0.3, -0.25) is 4.79 Å². The van der Waals surface area contributed by atoms with Crippen LogP contribution in [0.3, 0.4) is 0 Å². The number of amides is 1. The summed E-state index contributed by atoms with van der Waals surface area (Å²) in [6, 6.07) is 15.6. The van der Waals surface area contributed by atoms with Gasteiger partial charge in [0.2, 0.25) is 5.91 Å². The summed E-state index contributed by atoms with van der Waals surface area (Å²) in [5.41, 5.74) is 3.97. The number of thiophene rings is 1. The maximum atomic E-state index is 14.1. The molecule has 1 atom stereocenters. The van der Waals surface area contributed by atoms with Gasteiger partial charge >= 0.3 is 0 Å². The minimum Gasteiger partial charge on any atom is -0.355 e. The second-order valence-corrected chi connectivity index (χ2v) is 10.3. The summed E-state index contributed by atoms with van der Waals surface area (Å²) in [7, 11) is 0. The van der Waals surface area contributed by atoms with Crippen LogP contribution in [-0.2, 0) is 11.3 Å². The zero-order chi connectivity index (χ0) is 24.6. The predicted octanol–water partition coefficient (Wildman–Crippen LogP) is 5.82. The minimum absolute atomic E-state index is 0.0697. The number of anilines is 1. The fourth-order valence-electron chi connectivity index (χ4n) is 4.94. The largest absolute Gasteiger partial charge is 0.355 e. The molecule has 5 aromatic rings. The number of piperidine rings is 1. The van der Waals surface area contributed by atoms with E-state index in [9.17, 15) is 9.18 Å². The van der Waals surface area contributed by atoms with Gasteiger partial charge in [-0.25, -0.2) is 14.4 Å². The number of halogens is 1. The Labute approximate surface area is 212 Å². The van der Waals surface area contributed by atoms with E-state index in [1.54, 1.807) is 24.3 Å². The lowest BCUT2D eigenvalue weighted by molar-refractivity contribution is -0.125. The Hall–Kier alpha value is -3.78. The van der Waals surface area contributed by atoms with Crippen LogP contribution in [0.1, 0.15) is 24.0 Å². The highest BCUT2D eigenvalue weighted by molar-refractivity contribution is 7.17. The van der Waals surface area contributed by atoms with Crippen LogP contribution in [0.15, 0.2) is 60.2 Å². The Balaban J connectivity index is 1.19. The topological polar surface area (TPSA) is 73.9 Å². The summed E-state index contributed by atoms with van der Waals surface area (Å²) in [5, 5.41) is 7.30. The summed E-state index contributed by atoms with van der Waals surface area (Å²) >= 11 is 1.72. The van der Waals surface area contributed by atoms with Crippen LogP contribution < -0.4 is 10.2 Å². The monoisotopic (exact) mass is 499 g/mol. The number of hydrogen-bond acceptors (Lipinski definition) is 5. The fourth-order valence-corrected chi connectivity index (χ4v) is 5.71. The van der Waals surface area contributed by atoms with Crippen LogP contribution in [-0.4, -0.2) is 33.9 Å². The third-order valence-electron chi connectivity index (χ3n) is 6.96. The molecule has 182 valence electrons. The molecule has 6 rings (SSSR count). The molecule has 0 bridgehead atoms. The molecule has 8 heteroatoms. The third-order valence-corrected chi connectivity index (χ3v) is 7.86. The Morgan fingerprint density at radius 3 is 3.00 bits per heavy atom. The van der Waals surface area contributed by atoms with E-state index in [4.69, 9.17) is 0 Å². The second kappa shape index (κ2) is 9.35. The van der Waals surface area contributed by atoms with Crippen molar-refractivity contribution in [2.24, 2.45) is 5.92 Å². The smallest absolute Gasteiger partial charge is 0.225 e. The lowest BCUT2D eigenvalue weighted by atomic mass is 9.96. The highest BCUT2D eigenvalue weighted by Gasteiger charge is 2.28. The second-order valence-electron chi connectivity index (χ2n) is 9.40. The number of carbonyl (C=O) groups excluding carboxylic acids is 1. The molecule has 3 aromatic heterocycles. The zero-order valence-corrected chi connectivity index (χ0v) is 20.7. The van der Waals surface area contributed by atoms with Crippen molar-refractivity contribution < 1.29 is 9.18 Å². The number of aryl methyl sites for hydroxylation is 1. The van der Waals surface area contributed by atoms with Gasteiger partial charge in [0, 0.05) is 35.6 Å². The number of nitrogens with one attached hydrogen (secondary N) is 2. The first-order chi connectivity index (χ1) is 17.5. The Bertz CT molecular complexity index is 1580. The van der Waals surface area contributed by atoms with E-state index in [2.05, 4.69) is 54.8 Å².